The van der Waals surface area contributed by atoms with Gasteiger partial charge in [0, 0.05) is 24.2 Å². The van der Waals surface area contributed by atoms with Gasteiger partial charge >= 0.3 is 5.97 Å². The van der Waals surface area contributed by atoms with Crippen molar-refractivity contribution in [2.45, 2.75) is 13.3 Å². The molecular formula is C15H18N2O3S. The first-order valence-electron chi connectivity index (χ1n) is 6.62. The van der Waals surface area contributed by atoms with Crippen molar-refractivity contribution in [3.63, 3.8) is 0 Å². The molecule has 0 unspecified atom stereocenters. The van der Waals surface area contributed by atoms with Crippen LogP contribution in [-0.4, -0.2) is 31.7 Å². The van der Waals surface area contributed by atoms with Crippen molar-refractivity contribution < 1.29 is 14.3 Å². The maximum Gasteiger partial charge on any atom is 0.311 e. The lowest BCUT2D eigenvalue weighted by Gasteiger charge is -2.16. The van der Waals surface area contributed by atoms with Gasteiger partial charge in [0.15, 0.2) is 5.13 Å². The van der Waals surface area contributed by atoms with E-state index in [2.05, 4.69) is 4.98 Å². The van der Waals surface area contributed by atoms with Gasteiger partial charge in [0.25, 0.3) is 0 Å². The lowest BCUT2D eigenvalue weighted by atomic mass is 10.3. The second-order valence-corrected chi connectivity index (χ2v) is 5.20. The third kappa shape index (κ3) is 3.95. The number of ether oxygens (including phenoxy) is 2. The van der Waals surface area contributed by atoms with Crippen molar-refractivity contribution in [2.24, 2.45) is 0 Å². The van der Waals surface area contributed by atoms with Crippen molar-refractivity contribution in [1.82, 2.24) is 4.98 Å². The minimum atomic E-state index is -0.251. The van der Waals surface area contributed by atoms with Crippen LogP contribution in [0.2, 0.25) is 0 Å². The molecule has 0 saturated heterocycles. The van der Waals surface area contributed by atoms with Gasteiger partial charge in [-0.15, -0.1) is 11.3 Å². The molecule has 0 aliphatic rings. The highest BCUT2D eigenvalue weighted by Gasteiger charge is 2.12. The van der Waals surface area contributed by atoms with Crippen molar-refractivity contribution in [1.29, 1.82) is 0 Å². The quantitative estimate of drug-likeness (QED) is 0.768. The molecule has 21 heavy (non-hydrogen) atoms. The Bertz CT molecular complexity index is 612. The molecule has 0 fully saturated rings. The molecular weight excluding hydrogens is 288 g/mol. The predicted molar refractivity (Wildman–Crippen MR) is 83.5 cm³/mol. The van der Waals surface area contributed by atoms with Gasteiger partial charge in [-0.25, -0.2) is 4.98 Å². The van der Waals surface area contributed by atoms with E-state index in [4.69, 9.17) is 9.47 Å². The number of hydrogen-bond donors (Lipinski definition) is 0. The third-order valence-corrected chi connectivity index (χ3v) is 3.86. The monoisotopic (exact) mass is 306 g/mol. The van der Waals surface area contributed by atoms with Gasteiger partial charge in [-0.1, -0.05) is 6.07 Å². The van der Waals surface area contributed by atoms with Gasteiger partial charge in [-0.3, -0.25) is 4.79 Å². The van der Waals surface area contributed by atoms with E-state index in [0.29, 0.717) is 6.61 Å². The van der Waals surface area contributed by atoms with Crippen LogP contribution in [-0.2, 0) is 16.0 Å². The number of rotatable bonds is 6. The molecule has 1 heterocycles. The molecule has 0 N–H and O–H groups in total. The van der Waals surface area contributed by atoms with E-state index < -0.39 is 0 Å². The zero-order chi connectivity index (χ0) is 15.2. The smallest absolute Gasteiger partial charge is 0.311 e. The largest absolute Gasteiger partial charge is 0.497 e. The van der Waals surface area contributed by atoms with E-state index in [1.807, 2.05) is 41.6 Å². The molecule has 1 aromatic heterocycles. The molecule has 6 heteroatoms. The van der Waals surface area contributed by atoms with E-state index in [1.165, 1.54) is 11.3 Å². The summed E-state index contributed by atoms with van der Waals surface area (Å²) in [5, 5.41) is 2.70. The topological polar surface area (TPSA) is 51.7 Å². The molecule has 112 valence electrons. The molecule has 1 aromatic carbocycles. The fourth-order valence-corrected chi connectivity index (χ4v) is 2.63. The number of anilines is 2. The molecule has 0 amide bonds. The summed E-state index contributed by atoms with van der Waals surface area (Å²) in [6.45, 7) is 2.18. The Balaban J connectivity index is 2.11. The molecule has 0 radical (unpaired) electrons. The maximum absolute atomic E-state index is 11.5. The van der Waals surface area contributed by atoms with Crippen LogP contribution in [0.3, 0.4) is 0 Å². The van der Waals surface area contributed by atoms with Crippen LogP contribution < -0.4 is 9.64 Å². The van der Waals surface area contributed by atoms with Crippen LogP contribution in [0.5, 0.6) is 5.75 Å². The fourth-order valence-electron chi connectivity index (χ4n) is 1.82. The van der Waals surface area contributed by atoms with Gasteiger partial charge in [0.1, 0.15) is 5.75 Å². The zero-order valence-corrected chi connectivity index (χ0v) is 13.1. The SMILES string of the molecule is CCOC(=O)Cc1csc(N(C)c2cccc(OC)c2)n1. The Hall–Kier alpha value is -2.08. The molecule has 2 aromatic rings. The molecule has 0 atom stereocenters. The number of carbonyl (C=O) groups excluding carboxylic acids is 1. The number of aromatic nitrogens is 1. The summed E-state index contributed by atoms with van der Waals surface area (Å²) in [5.41, 5.74) is 1.70. The van der Waals surface area contributed by atoms with Gasteiger partial charge in [-0.05, 0) is 19.1 Å². The number of hydrogen-bond acceptors (Lipinski definition) is 6. The summed E-state index contributed by atoms with van der Waals surface area (Å²) in [7, 11) is 3.57. The van der Waals surface area contributed by atoms with E-state index in [0.717, 1.165) is 22.3 Å². The standard InChI is InChI=1S/C15H18N2O3S/c1-4-20-14(18)8-11-10-21-15(16-11)17(2)12-6-5-7-13(9-12)19-3/h5-7,9-10H,4,8H2,1-3H3. The number of carbonyl (C=O) groups is 1. The van der Waals surface area contributed by atoms with Crippen LogP contribution in [0.25, 0.3) is 0 Å². The average molecular weight is 306 g/mol. The van der Waals surface area contributed by atoms with E-state index in [-0.39, 0.29) is 12.4 Å². The highest BCUT2D eigenvalue weighted by molar-refractivity contribution is 7.13. The van der Waals surface area contributed by atoms with Gasteiger partial charge in [0.05, 0.1) is 25.8 Å². The van der Waals surface area contributed by atoms with Crippen molar-refractivity contribution in [3.8, 4) is 5.75 Å². The third-order valence-electron chi connectivity index (χ3n) is 2.90. The second-order valence-electron chi connectivity index (χ2n) is 4.36. The predicted octanol–water partition coefficient (Wildman–Crippen LogP) is 3.03. The van der Waals surface area contributed by atoms with Gasteiger partial charge in [-0.2, -0.15) is 0 Å². The molecule has 0 bridgehead atoms. The minimum Gasteiger partial charge on any atom is -0.497 e. The lowest BCUT2D eigenvalue weighted by Crippen LogP contribution is -2.10. The van der Waals surface area contributed by atoms with Crippen LogP contribution >= 0.6 is 11.3 Å². The number of thiazole rings is 1. The van der Waals surface area contributed by atoms with E-state index >= 15 is 0 Å². The number of methoxy groups -OCH3 is 1. The highest BCUT2D eigenvalue weighted by atomic mass is 32.1. The summed E-state index contributed by atoms with van der Waals surface area (Å²) in [5.74, 6) is 0.543. The highest BCUT2D eigenvalue weighted by Crippen LogP contribution is 2.29. The van der Waals surface area contributed by atoms with Crippen molar-refractivity contribution >= 4 is 28.1 Å². The Kier molecular flexibility index (Phi) is 5.16. The minimum absolute atomic E-state index is 0.205. The Morgan fingerprint density at radius 2 is 2.24 bits per heavy atom. The first-order valence-corrected chi connectivity index (χ1v) is 7.49. The van der Waals surface area contributed by atoms with E-state index in [1.54, 1.807) is 14.0 Å². The summed E-state index contributed by atoms with van der Waals surface area (Å²) in [4.78, 5) is 17.9. The first kappa shape index (κ1) is 15.3. The maximum atomic E-state index is 11.5. The second kappa shape index (κ2) is 7.08. The summed E-state index contributed by atoms with van der Waals surface area (Å²) < 4.78 is 10.1. The first-order chi connectivity index (χ1) is 10.1. The summed E-state index contributed by atoms with van der Waals surface area (Å²) >= 11 is 1.49. The molecule has 0 spiro atoms. The normalized spacial score (nSPS) is 10.2. The van der Waals surface area contributed by atoms with Crippen LogP contribution in [0.15, 0.2) is 29.6 Å². The zero-order valence-electron chi connectivity index (χ0n) is 12.3. The van der Waals surface area contributed by atoms with Crippen molar-refractivity contribution in [3.05, 3.63) is 35.3 Å². The van der Waals surface area contributed by atoms with Gasteiger partial charge in [0.2, 0.25) is 0 Å². The lowest BCUT2D eigenvalue weighted by molar-refractivity contribution is -0.142. The number of nitrogens with zero attached hydrogens (tertiary/aromatic N) is 2. The Morgan fingerprint density at radius 3 is 2.95 bits per heavy atom. The van der Waals surface area contributed by atoms with Crippen LogP contribution in [0.4, 0.5) is 10.8 Å². The average Bonchev–Trinajstić information content (AvgIpc) is 2.95. The van der Waals surface area contributed by atoms with Gasteiger partial charge < -0.3 is 14.4 Å². The molecule has 5 nitrogen and oxygen atoms in total. The van der Waals surface area contributed by atoms with Crippen molar-refractivity contribution in [2.75, 3.05) is 25.7 Å². The number of benzene rings is 1. The molecule has 0 aliphatic carbocycles. The van der Waals surface area contributed by atoms with E-state index in [9.17, 15) is 4.79 Å². The van der Waals surface area contributed by atoms with Crippen LogP contribution in [0.1, 0.15) is 12.6 Å². The molecule has 0 aliphatic heterocycles. The Morgan fingerprint density at radius 1 is 1.43 bits per heavy atom. The molecule has 2 rings (SSSR count). The summed E-state index contributed by atoms with van der Waals surface area (Å²) in [6.07, 6.45) is 0.205. The number of esters is 1. The fraction of sp³-hybridized carbons (Fsp3) is 0.333. The van der Waals surface area contributed by atoms with Crippen LogP contribution in [0, 0.1) is 0 Å². The summed E-state index contributed by atoms with van der Waals surface area (Å²) in [6, 6.07) is 7.74. The Labute approximate surface area is 128 Å². The molecule has 0 saturated carbocycles.